The highest BCUT2D eigenvalue weighted by Gasteiger charge is 2.09. The van der Waals surface area contributed by atoms with Crippen molar-refractivity contribution in [1.82, 2.24) is 0 Å². The molecule has 1 nitrogen and oxygen atoms in total. The van der Waals surface area contributed by atoms with Crippen molar-refractivity contribution in [2.75, 3.05) is 0 Å². The fraction of sp³-hybridized carbons (Fsp3) is 0.438. The zero-order valence-corrected chi connectivity index (χ0v) is 11.1. The van der Waals surface area contributed by atoms with Crippen LogP contribution < -0.4 is 4.57 Å². The highest BCUT2D eigenvalue weighted by Crippen LogP contribution is 2.14. The SMILES string of the molecule is CC[n+]1cc(CCC(C)C)cc2ccccc21. The Balaban J connectivity index is 2.38. The van der Waals surface area contributed by atoms with Crippen LogP contribution in [0.25, 0.3) is 10.9 Å². The van der Waals surface area contributed by atoms with Crippen molar-refractivity contribution in [3.05, 3.63) is 42.1 Å². The van der Waals surface area contributed by atoms with Crippen LogP contribution in [0.3, 0.4) is 0 Å². The number of benzene rings is 1. The molecule has 90 valence electrons. The molecular weight excluding hydrogens is 206 g/mol. The minimum absolute atomic E-state index is 0.775. The lowest BCUT2D eigenvalue weighted by Crippen LogP contribution is -2.33. The van der Waals surface area contributed by atoms with Gasteiger partial charge in [-0.05, 0) is 37.8 Å². The molecule has 0 bridgehead atoms. The summed E-state index contributed by atoms with van der Waals surface area (Å²) in [7, 11) is 0. The zero-order chi connectivity index (χ0) is 12.3. The van der Waals surface area contributed by atoms with Crippen LogP contribution in [-0.2, 0) is 13.0 Å². The second kappa shape index (κ2) is 5.31. The van der Waals surface area contributed by atoms with E-state index < -0.39 is 0 Å². The molecular formula is C16H22N+. The summed E-state index contributed by atoms with van der Waals surface area (Å²) in [5, 5.41) is 1.36. The van der Waals surface area contributed by atoms with E-state index in [1.807, 2.05) is 0 Å². The van der Waals surface area contributed by atoms with Gasteiger partial charge in [0.1, 0.15) is 6.54 Å². The fourth-order valence-electron chi connectivity index (χ4n) is 2.23. The van der Waals surface area contributed by atoms with Crippen LogP contribution in [0.15, 0.2) is 36.5 Å². The standard InChI is InChI=1S/C16H22N/c1-4-17-12-14(10-9-13(2)3)11-15-7-5-6-8-16(15)17/h5-8,11-13H,4,9-10H2,1-3H3/q+1. The molecule has 1 heterocycles. The van der Waals surface area contributed by atoms with E-state index in [-0.39, 0.29) is 0 Å². The second-order valence-corrected chi connectivity index (χ2v) is 5.13. The number of hydrogen-bond acceptors (Lipinski definition) is 0. The van der Waals surface area contributed by atoms with Crippen LogP contribution in [-0.4, -0.2) is 0 Å². The number of hydrogen-bond donors (Lipinski definition) is 0. The maximum atomic E-state index is 2.35. The predicted molar refractivity (Wildman–Crippen MR) is 73.0 cm³/mol. The number of fused-ring (bicyclic) bond motifs is 1. The van der Waals surface area contributed by atoms with E-state index in [0.29, 0.717) is 0 Å². The van der Waals surface area contributed by atoms with Gasteiger partial charge in [-0.1, -0.05) is 26.0 Å². The molecule has 0 unspecified atom stereocenters. The maximum Gasteiger partial charge on any atom is 0.212 e. The molecule has 2 rings (SSSR count). The monoisotopic (exact) mass is 228 g/mol. The van der Waals surface area contributed by atoms with Crippen molar-refractivity contribution < 1.29 is 4.57 Å². The highest BCUT2D eigenvalue weighted by atomic mass is 14.9. The van der Waals surface area contributed by atoms with Crippen LogP contribution >= 0.6 is 0 Å². The molecule has 0 fully saturated rings. The molecule has 1 heteroatoms. The summed E-state index contributed by atoms with van der Waals surface area (Å²) in [6.45, 7) is 7.82. The Morgan fingerprint density at radius 2 is 1.94 bits per heavy atom. The van der Waals surface area contributed by atoms with Gasteiger partial charge in [-0.2, -0.15) is 4.57 Å². The molecule has 1 aromatic carbocycles. The Hall–Kier alpha value is -1.37. The van der Waals surface area contributed by atoms with Gasteiger partial charge in [-0.15, -0.1) is 0 Å². The van der Waals surface area contributed by atoms with Gasteiger partial charge in [0.15, 0.2) is 6.20 Å². The Labute approximate surface area is 104 Å². The maximum absolute atomic E-state index is 2.35. The number of nitrogens with zero attached hydrogens (tertiary/aromatic N) is 1. The largest absolute Gasteiger partial charge is 0.212 e. The molecule has 0 atom stereocenters. The molecule has 0 aliphatic heterocycles. The number of rotatable bonds is 4. The quantitative estimate of drug-likeness (QED) is 0.702. The minimum atomic E-state index is 0.775. The molecule has 0 spiro atoms. The summed E-state index contributed by atoms with van der Waals surface area (Å²) in [6, 6.07) is 11.0. The van der Waals surface area contributed by atoms with Gasteiger partial charge in [0, 0.05) is 17.0 Å². The second-order valence-electron chi connectivity index (χ2n) is 5.13. The molecule has 0 saturated heterocycles. The predicted octanol–water partition coefficient (Wildman–Crippen LogP) is 3.74. The number of para-hydroxylation sites is 1. The zero-order valence-electron chi connectivity index (χ0n) is 11.1. The van der Waals surface area contributed by atoms with Gasteiger partial charge in [-0.25, -0.2) is 0 Å². The lowest BCUT2D eigenvalue weighted by atomic mass is 10.0. The fourth-order valence-corrected chi connectivity index (χ4v) is 2.23. The van der Waals surface area contributed by atoms with Crippen molar-refractivity contribution in [2.45, 2.75) is 40.2 Å². The first-order valence-corrected chi connectivity index (χ1v) is 6.62. The Kier molecular flexibility index (Phi) is 3.78. The smallest absolute Gasteiger partial charge is 0.198 e. The van der Waals surface area contributed by atoms with Gasteiger partial charge in [0.2, 0.25) is 5.52 Å². The number of pyridine rings is 1. The molecule has 0 saturated carbocycles. The number of aryl methyl sites for hydroxylation is 2. The number of aromatic nitrogens is 1. The Bertz CT molecular complexity index is 500. The molecule has 0 aliphatic rings. The van der Waals surface area contributed by atoms with Gasteiger partial charge in [-0.3, -0.25) is 0 Å². The van der Waals surface area contributed by atoms with E-state index in [0.717, 1.165) is 12.5 Å². The Morgan fingerprint density at radius 3 is 2.65 bits per heavy atom. The van der Waals surface area contributed by atoms with Crippen LogP contribution in [0.1, 0.15) is 32.8 Å². The van der Waals surface area contributed by atoms with E-state index in [9.17, 15) is 0 Å². The summed E-state index contributed by atoms with van der Waals surface area (Å²) in [5.74, 6) is 0.775. The van der Waals surface area contributed by atoms with Crippen molar-refractivity contribution in [2.24, 2.45) is 5.92 Å². The van der Waals surface area contributed by atoms with Gasteiger partial charge >= 0.3 is 0 Å². The van der Waals surface area contributed by atoms with Crippen molar-refractivity contribution in [3.63, 3.8) is 0 Å². The average molecular weight is 228 g/mol. The summed E-state index contributed by atoms with van der Waals surface area (Å²) in [5.41, 5.74) is 2.79. The lowest BCUT2D eigenvalue weighted by Gasteiger charge is -2.06. The summed E-state index contributed by atoms with van der Waals surface area (Å²) in [4.78, 5) is 0. The topological polar surface area (TPSA) is 3.88 Å². The van der Waals surface area contributed by atoms with Crippen LogP contribution in [0.2, 0.25) is 0 Å². The normalized spacial score (nSPS) is 11.3. The van der Waals surface area contributed by atoms with Crippen molar-refractivity contribution in [1.29, 1.82) is 0 Å². The van der Waals surface area contributed by atoms with E-state index >= 15 is 0 Å². The summed E-state index contributed by atoms with van der Waals surface area (Å²) >= 11 is 0. The molecule has 2 aromatic rings. The van der Waals surface area contributed by atoms with Crippen LogP contribution in [0.5, 0.6) is 0 Å². The molecule has 0 N–H and O–H groups in total. The van der Waals surface area contributed by atoms with E-state index in [1.165, 1.54) is 29.3 Å². The molecule has 17 heavy (non-hydrogen) atoms. The summed E-state index contributed by atoms with van der Waals surface area (Å²) < 4.78 is 2.35. The van der Waals surface area contributed by atoms with Crippen LogP contribution in [0.4, 0.5) is 0 Å². The first kappa shape index (κ1) is 12.1. The third-order valence-corrected chi connectivity index (χ3v) is 3.26. The van der Waals surface area contributed by atoms with E-state index in [2.05, 4.69) is 61.9 Å². The first-order chi connectivity index (χ1) is 8.20. The van der Waals surface area contributed by atoms with Gasteiger partial charge < -0.3 is 0 Å². The van der Waals surface area contributed by atoms with E-state index in [1.54, 1.807) is 0 Å². The van der Waals surface area contributed by atoms with Crippen molar-refractivity contribution in [3.8, 4) is 0 Å². The van der Waals surface area contributed by atoms with Crippen LogP contribution in [0, 0.1) is 5.92 Å². The minimum Gasteiger partial charge on any atom is -0.198 e. The molecule has 0 radical (unpaired) electrons. The third-order valence-electron chi connectivity index (χ3n) is 3.26. The van der Waals surface area contributed by atoms with Gasteiger partial charge in [0.05, 0.1) is 0 Å². The highest BCUT2D eigenvalue weighted by molar-refractivity contribution is 5.75. The molecule has 1 aromatic heterocycles. The lowest BCUT2D eigenvalue weighted by molar-refractivity contribution is -0.668. The molecule has 0 aliphatic carbocycles. The molecule has 0 amide bonds. The van der Waals surface area contributed by atoms with Crippen molar-refractivity contribution >= 4 is 10.9 Å². The Morgan fingerprint density at radius 1 is 1.18 bits per heavy atom. The summed E-state index contributed by atoms with van der Waals surface area (Å²) in [6.07, 6.45) is 4.76. The average Bonchev–Trinajstić information content (AvgIpc) is 2.35. The van der Waals surface area contributed by atoms with E-state index in [4.69, 9.17) is 0 Å². The van der Waals surface area contributed by atoms with Gasteiger partial charge in [0.25, 0.3) is 0 Å². The first-order valence-electron chi connectivity index (χ1n) is 6.62. The third kappa shape index (κ3) is 2.85.